The van der Waals surface area contributed by atoms with E-state index in [9.17, 15) is 9.59 Å². The smallest absolute Gasteiger partial charge is 0.341 e. The third-order valence-electron chi connectivity index (χ3n) is 4.01. The molecular weight excluding hydrogens is 288 g/mol. The Balaban J connectivity index is 1.84. The highest BCUT2D eigenvalue weighted by atomic mass is 32.1. The van der Waals surface area contributed by atoms with E-state index in [0.717, 1.165) is 44.2 Å². The molecule has 1 aliphatic heterocycles. The zero-order valence-corrected chi connectivity index (χ0v) is 13.0. The molecule has 0 aromatic carbocycles. The molecule has 3 rings (SSSR count). The summed E-state index contributed by atoms with van der Waals surface area (Å²) in [5.41, 5.74) is 1.66. The fraction of sp³-hybridized carbons (Fsp3) is 0.600. The van der Waals surface area contributed by atoms with Gasteiger partial charge in [-0.25, -0.2) is 4.79 Å². The quantitative estimate of drug-likeness (QED) is 0.836. The molecule has 0 spiro atoms. The lowest BCUT2D eigenvalue weighted by molar-refractivity contribution is -0.117. The van der Waals surface area contributed by atoms with E-state index in [-0.39, 0.29) is 17.9 Å². The van der Waals surface area contributed by atoms with Crippen molar-refractivity contribution in [3.05, 3.63) is 16.0 Å². The van der Waals surface area contributed by atoms with Crippen LogP contribution in [0.15, 0.2) is 0 Å². The molecule has 1 aromatic heterocycles. The highest BCUT2D eigenvalue weighted by Crippen LogP contribution is 2.39. The predicted molar refractivity (Wildman–Crippen MR) is 82.0 cm³/mol. The lowest BCUT2D eigenvalue weighted by Gasteiger charge is -2.11. The zero-order valence-electron chi connectivity index (χ0n) is 12.2. The summed E-state index contributed by atoms with van der Waals surface area (Å²) in [5.74, 6) is -0.357. The first kappa shape index (κ1) is 14.5. The fourth-order valence-electron chi connectivity index (χ4n) is 3.02. The van der Waals surface area contributed by atoms with Crippen molar-refractivity contribution in [2.45, 2.75) is 45.1 Å². The number of esters is 1. The van der Waals surface area contributed by atoms with Gasteiger partial charge in [0, 0.05) is 4.88 Å². The Hall–Kier alpha value is -1.40. The molecule has 1 atom stereocenters. The third-order valence-corrected chi connectivity index (χ3v) is 5.22. The first-order chi connectivity index (χ1) is 10.2. The van der Waals surface area contributed by atoms with Gasteiger partial charge in [-0.2, -0.15) is 0 Å². The van der Waals surface area contributed by atoms with Crippen molar-refractivity contribution in [3.8, 4) is 0 Å². The summed E-state index contributed by atoms with van der Waals surface area (Å²) in [7, 11) is 0. The van der Waals surface area contributed by atoms with Crippen molar-refractivity contribution in [2.75, 3.05) is 18.5 Å². The molecule has 2 heterocycles. The summed E-state index contributed by atoms with van der Waals surface area (Å²) in [6, 6.07) is -0.142. The number of aryl methyl sites for hydroxylation is 1. The zero-order chi connectivity index (χ0) is 14.8. The number of hydrogen-bond acceptors (Lipinski definition) is 5. The first-order valence-electron chi connectivity index (χ1n) is 7.56. The molecule has 2 N–H and O–H groups in total. The van der Waals surface area contributed by atoms with Crippen LogP contribution in [0.3, 0.4) is 0 Å². The van der Waals surface area contributed by atoms with E-state index >= 15 is 0 Å². The Kier molecular flexibility index (Phi) is 4.26. The molecule has 1 aromatic rings. The van der Waals surface area contributed by atoms with Gasteiger partial charge in [0.15, 0.2) is 0 Å². The molecule has 2 aliphatic rings. The van der Waals surface area contributed by atoms with Crippen molar-refractivity contribution in [1.82, 2.24) is 5.32 Å². The van der Waals surface area contributed by atoms with Gasteiger partial charge in [-0.1, -0.05) is 0 Å². The molecule has 1 amide bonds. The molecule has 0 unspecified atom stereocenters. The largest absolute Gasteiger partial charge is 0.462 e. The summed E-state index contributed by atoms with van der Waals surface area (Å²) in [6.45, 7) is 3.02. The SMILES string of the molecule is CCOC(=O)c1c(NC(=O)[C@@H]2CCCN2)sc2c1CCC2. The highest BCUT2D eigenvalue weighted by molar-refractivity contribution is 7.17. The van der Waals surface area contributed by atoms with Gasteiger partial charge in [-0.05, 0) is 51.1 Å². The molecule has 21 heavy (non-hydrogen) atoms. The van der Waals surface area contributed by atoms with Crippen molar-refractivity contribution in [2.24, 2.45) is 0 Å². The topological polar surface area (TPSA) is 67.4 Å². The van der Waals surface area contributed by atoms with Crippen LogP contribution in [-0.4, -0.2) is 31.1 Å². The maximum atomic E-state index is 12.3. The molecule has 5 nitrogen and oxygen atoms in total. The van der Waals surface area contributed by atoms with Gasteiger partial charge in [-0.3, -0.25) is 4.79 Å². The molecule has 1 saturated heterocycles. The van der Waals surface area contributed by atoms with Gasteiger partial charge in [0.25, 0.3) is 0 Å². The van der Waals surface area contributed by atoms with Crippen LogP contribution in [0, 0.1) is 0 Å². The number of ether oxygens (including phenoxy) is 1. The Morgan fingerprint density at radius 3 is 2.95 bits per heavy atom. The second kappa shape index (κ2) is 6.15. The minimum Gasteiger partial charge on any atom is -0.462 e. The summed E-state index contributed by atoms with van der Waals surface area (Å²) in [4.78, 5) is 25.7. The normalized spacial score (nSPS) is 20.3. The van der Waals surface area contributed by atoms with Crippen LogP contribution >= 0.6 is 11.3 Å². The van der Waals surface area contributed by atoms with Crippen LogP contribution in [0.5, 0.6) is 0 Å². The van der Waals surface area contributed by atoms with Gasteiger partial charge in [0.1, 0.15) is 5.00 Å². The van der Waals surface area contributed by atoms with E-state index in [1.165, 1.54) is 16.2 Å². The number of nitrogens with one attached hydrogen (secondary N) is 2. The van der Waals surface area contributed by atoms with Crippen LogP contribution in [-0.2, 0) is 22.4 Å². The second-order valence-corrected chi connectivity index (χ2v) is 6.53. The first-order valence-corrected chi connectivity index (χ1v) is 8.38. The molecule has 6 heteroatoms. The fourth-order valence-corrected chi connectivity index (χ4v) is 4.30. The average molecular weight is 308 g/mol. The minimum absolute atomic E-state index is 0.0435. The predicted octanol–water partition coefficient (Wildman–Crippen LogP) is 2.10. The van der Waals surface area contributed by atoms with Gasteiger partial charge >= 0.3 is 5.97 Å². The molecule has 1 aliphatic carbocycles. The highest BCUT2D eigenvalue weighted by Gasteiger charge is 2.30. The molecule has 0 bridgehead atoms. The Morgan fingerprint density at radius 2 is 2.24 bits per heavy atom. The van der Waals surface area contributed by atoms with E-state index < -0.39 is 0 Å². The maximum Gasteiger partial charge on any atom is 0.341 e. The monoisotopic (exact) mass is 308 g/mol. The summed E-state index contributed by atoms with van der Waals surface area (Å²) < 4.78 is 5.16. The number of thiophene rings is 1. The number of carbonyl (C=O) groups excluding carboxylic acids is 2. The minimum atomic E-state index is -0.313. The summed E-state index contributed by atoms with van der Waals surface area (Å²) in [5, 5.41) is 6.78. The van der Waals surface area contributed by atoms with E-state index in [1.807, 2.05) is 0 Å². The van der Waals surface area contributed by atoms with Gasteiger partial charge in [-0.15, -0.1) is 11.3 Å². The van der Waals surface area contributed by atoms with Crippen LogP contribution in [0.25, 0.3) is 0 Å². The lowest BCUT2D eigenvalue weighted by atomic mass is 10.1. The van der Waals surface area contributed by atoms with Gasteiger partial charge in [0.05, 0.1) is 18.2 Å². The van der Waals surface area contributed by atoms with E-state index in [0.29, 0.717) is 17.2 Å². The van der Waals surface area contributed by atoms with Crippen LogP contribution < -0.4 is 10.6 Å². The van der Waals surface area contributed by atoms with E-state index in [4.69, 9.17) is 4.74 Å². The molecular formula is C15H20N2O3S. The molecule has 0 saturated carbocycles. The maximum absolute atomic E-state index is 12.3. The third kappa shape index (κ3) is 2.82. The van der Waals surface area contributed by atoms with Crippen LogP contribution in [0.4, 0.5) is 5.00 Å². The van der Waals surface area contributed by atoms with Gasteiger partial charge in [0.2, 0.25) is 5.91 Å². The number of anilines is 1. The average Bonchev–Trinajstić information content (AvgIpc) is 3.14. The Bertz CT molecular complexity index is 562. The van der Waals surface area contributed by atoms with Crippen LogP contribution in [0.2, 0.25) is 0 Å². The van der Waals surface area contributed by atoms with Crippen molar-refractivity contribution < 1.29 is 14.3 Å². The molecule has 114 valence electrons. The standard InChI is InChI=1S/C15H20N2O3S/c1-2-20-15(19)12-9-5-3-7-11(9)21-14(12)17-13(18)10-6-4-8-16-10/h10,16H,2-8H2,1H3,(H,17,18)/t10-/m0/s1. The number of carbonyl (C=O) groups is 2. The van der Waals surface area contributed by atoms with Crippen molar-refractivity contribution in [1.29, 1.82) is 0 Å². The number of rotatable bonds is 4. The number of fused-ring (bicyclic) bond motifs is 1. The number of hydrogen-bond donors (Lipinski definition) is 2. The Labute approximate surface area is 128 Å². The van der Waals surface area contributed by atoms with Crippen molar-refractivity contribution in [3.63, 3.8) is 0 Å². The summed E-state index contributed by atoms with van der Waals surface area (Å²) in [6.07, 6.45) is 4.84. The molecule has 0 radical (unpaired) electrons. The van der Waals surface area contributed by atoms with Crippen LogP contribution in [0.1, 0.15) is 47.0 Å². The van der Waals surface area contributed by atoms with E-state index in [1.54, 1.807) is 6.92 Å². The van der Waals surface area contributed by atoms with Gasteiger partial charge < -0.3 is 15.4 Å². The lowest BCUT2D eigenvalue weighted by Crippen LogP contribution is -2.35. The molecule has 1 fully saturated rings. The van der Waals surface area contributed by atoms with Crippen molar-refractivity contribution >= 4 is 28.2 Å². The second-order valence-electron chi connectivity index (χ2n) is 5.42. The Morgan fingerprint density at radius 1 is 1.38 bits per heavy atom. The van der Waals surface area contributed by atoms with E-state index in [2.05, 4.69) is 10.6 Å². The summed E-state index contributed by atoms with van der Waals surface area (Å²) >= 11 is 1.53. The number of amides is 1.